The molecule has 15 heavy (non-hydrogen) atoms. The average molecular weight is 210 g/mol. The second kappa shape index (κ2) is 4.89. The van der Waals surface area contributed by atoms with Gasteiger partial charge in [0, 0.05) is 12.5 Å². The molecule has 1 aromatic carbocycles. The molecule has 1 unspecified atom stereocenters. The van der Waals surface area contributed by atoms with E-state index in [-0.39, 0.29) is 24.2 Å². The lowest BCUT2D eigenvalue weighted by atomic mass is 10.0. The Morgan fingerprint density at radius 1 is 1.60 bits per heavy atom. The number of halogens is 1. The number of aryl methyl sites for hydroxylation is 1. The second-order valence-electron chi connectivity index (χ2n) is 3.52. The monoisotopic (exact) mass is 210 g/mol. The largest absolute Gasteiger partial charge is 0.370 e. The minimum atomic E-state index is -0.378. The van der Waals surface area contributed by atoms with E-state index in [4.69, 9.17) is 5.73 Å². The predicted octanol–water partition coefficient (Wildman–Crippen LogP) is 1.27. The molecule has 0 bridgehead atoms. The summed E-state index contributed by atoms with van der Waals surface area (Å²) in [7, 11) is 1.74. The summed E-state index contributed by atoms with van der Waals surface area (Å²) in [5.74, 6) is -0.621. The number of carbonyl (C=O) groups excluding carboxylic acids is 1. The summed E-state index contributed by atoms with van der Waals surface area (Å²) in [6.07, 6.45) is 0.210. The summed E-state index contributed by atoms with van der Waals surface area (Å²) >= 11 is 0. The third-order valence-corrected chi connectivity index (χ3v) is 2.34. The summed E-state index contributed by atoms with van der Waals surface area (Å²) in [6, 6.07) is 4.63. The first-order chi connectivity index (χ1) is 7.04. The van der Waals surface area contributed by atoms with E-state index in [1.54, 1.807) is 26.1 Å². The van der Waals surface area contributed by atoms with Crippen LogP contribution in [0.3, 0.4) is 0 Å². The molecule has 0 saturated carbocycles. The summed E-state index contributed by atoms with van der Waals surface area (Å²) in [5, 5.41) is 2.97. The fraction of sp³-hybridized carbons (Fsp3) is 0.364. The molecule has 4 heteroatoms. The van der Waals surface area contributed by atoms with E-state index in [1.165, 1.54) is 6.07 Å². The molecule has 1 aromatic rings. The number of benzene rings is 1. The Bertz CT molecular complexity index is 366. The van der Waals surface area contributed by atoms with Gasteiger partial charge in [0.15, 0.2) is 0 Å². The zero-order chi connectivity index (χ0) is 11.4. The van der Waals surface area contributed by atoms with Gasteiger partial charge in [0.25, 0.3) is 0 Å². The van der Waals surface area contributed by atoms with Gasteiger partial charge in [-0.15, -0.1) is 0 Å². The molecule has 0 aliphatic carbocycles. The maximum Gasteiger partial charge on any atom is 0.219 e. The van der Waals surface area contributed by atoms with Gasteiger partial charge < -0.3 is 11.1 Å². The van der Waals surface area contributed by atoms with Gasteiger partial charge in [-0.05, 0) is 31.2 Å². The number of amides is 1. The van der Waals surface area contributed by atoms with Gasteiger partial charge in [0.1, 0.15) is 5.82 Å². The Labute approximate surface area is 88.5 Å². The molecule has 0 saturated heterocycles. The molecule has 0 fully saturated rings. The number of hydrogen-bond acceptors (Lipinski definition) is 2. The number of carbonyl (C=O) groups is 1. The van der Waals surface area contributed by atoms with Gasteiger partial charge in [-0.1, -0.05) is 12.1 Å². The smallest absolute Gasteiger partial charge is 0.219 e. The highest BCUT2D eigenvalue weighted by Crippen LogP contribution is 2.18. The van der Waals surface area contributed by atoms with E-state index < -0.39 is 0 Å². The molecule has 82 valence electrons. The van der Waals surface area contributed by atoms with Crippen LogP contribution in [0.15, 0.2) is 18.2 Å². The van der Waals surface area contributed by atoms with Crippen LogP contribution in [0.2, 0.25) is 0 Å². The molecule has 0 aliphatic heterocycles. The molecular weight excluding hydrogens is 195 g/mol. The second-order valence-corrected chi connectivity index (χ2v) is 3.52. The van der Waals surface area contributed by atoms with Crippen molar-refractivity contribution in [2.24, 2.45) is 5.73 Å². The van der Waals surface area contributed by atoms with Crippen molar-refractivity contribution in [1.29, 1.82) is 0 Å². The number of primary amides is 1. The molecule has 0 aliphatic rings. The topological polar surface area (TPSA) is 55.1 Å². The summed E-state index contributed by atoms with van der Waals surface area (Å²) < 4.78 is 13.0. The number of nitrogens with two attached hydrogens (primary N) is 1. The van der Waals surface area contributed by atoms with Gasteiger partial charge in [-0.25, -0.2) is 4.39 Å². The fourth-order valence-corrected chi connectivity index (χ4v) is 1.47. The lowest BCUT2D eigenvalue weighted by Crippen LogP contribution is -2.23. The normalized spacial score (nSPS) is 12.5. The molecule has 0 aromatic heterocycles. The van der Waals surface area contributed by atoms with Crippen LogP contribution in [-0.4, -0.2) is 13.0 Å². The molecule has 1 rings (SSSR count). The maximum atomic E-state index is 13.0. The Morgan fingerprint density at radius 3 is 2.73 bits per heavy atom. The minimum Gasteiger partial charge on any atom is -0.370 e. The van der Waals surface area contributed by atoms with E-state index in [0.717, 1.165) is 5.56 Å². The predicted molar refractivity (Wildman–Crippen MR) is 56.7 cm³/mol. The highest BCUT2D eigenvalue weighted by atomic mass is 19.1. The third kappa shape index (κ3) is 3.02. The summed E-state index contributed by atoms with van der Waals surface area (Å²) in [6.45, 7) is 1.69. The molecule has 3 nitrogen and oxygen atoms in total. The summed E-state index contributed by atoms with van der Waals surface area (Å²) in [5.41, 5.74) is 6.56. The van der Waals surface area contributed by atoms with Crippen molar-refractivity contribution in [3.05, 3.63) is 35.1 Å². The first-order valence-corrected chi connectivity index (χ1v) is 4.76. The lowest BCUT2D eigenvalue weighted by molar-refractivity contribution is -0.118. The first kappa shape index (κ1) is 11.7. The van der Waals surface area contributed by atoms with Crippen molar-refractivity contribution in [2.45, 2.75) is 19.4 Å². The van der Waals surface area contributed by atoms with Crippen molar-refractivity contribution < 1.29 is 9.18 Å². The van der Waals surface area contributed by atoms with Gasteiger partial charge in [-0.3, -0.25) is 4.79 Å². The van der Waals surface area contributed by atoms with Crippen molar-refractivity contribution in [3.63, 3.8) is 0 Å². The van der Waals surface area contributed by atoms with Gasteiger partial charge >= 0.3 is 0 Å². The van der Waals surface area contributed by atoms with E-state index in [2.05, 4.69) is 5.32 Å². The van der Waals surface area contributed by atoms with Crippen molar-refractivity contribution in [3.8, 4) is 0 Å². The fourth-order valence-electron chi connectivity index (χ4n) is 1.47. The van der Waals surface area contributed by atoms with Crippen LogP contribution in [0.4, 0.5) is 4.39 Å². The molecular formula is C11H15FN2O. The Hall–Kier alpha value is -1.42. The number of nitrogens with one attached hydrogen (secondary N) is 1. The number of hydrogen-bond donors (Lipinski definition) is 2. The van der Waals surface area contributed by atoms with Crippen LogP contribution >= 0.6 is 0 Å². The highest BCUT2D eigenvalue weighted by molar-refractivity contribution is 5.74. The Morgan fingerprint density at radius 2 is 2.27 bits per heavy atom. The first-order valence-electron chi connectivity index (χ1n) is 4.76. The average Bonchev–Trinajstić information content (AvgIpc) is 2.18. The lowest BCUT2D eigenvalue weighted by Gasteiger charge is -2.15. The van der Waals surface area contributed by atoms with Crippen LogP contribution in [0, 0.1) is 12.7 Å². The molecule has 0 spiro atoms. The van der Waals surface area contributed by atoms with E-state index in [9.17, 15) is 9.18 Å². The van der Waals surface area contributed by atoms with Crippen LogP contribution < -0.4 is 11.1 Å². The third-order valence-electron chi connectivity index (χ3n) is 2.34. The van der Waals surface area contributed by atoms with Crippen LogP contribution in [0.5, 0.6) is 0 Å². The minimum absolute atomic E-state index is 0.151. The number of rotatable bonds is 4. The SMILES string of the molecule is CNC(CC(N)=O)c1ccc(F)c(C)c1. The summed E-state index contributed by atoms with van der Waals surface area (Å²) in [4.78, 5) is 10.8. The molecule has 0 radical (unpaired) electrons. The quantitative estimate of drug-likeness (QED) is 0.786. The van der Waals surface area contributed by atoms with Crippen molar-refractivity contribution in [1.82, 2.24) is 5.32 Å². The van der Waals surface area contributed by atoms with Crippen molar-refractivity contribution >= 4 is 5.91 Å². The van der Waals surface area contributed by atoms with E-state index in [0.29, 0.717) is 5.56 Å². The van der Waals surface area contributed by atoms with Gasteiger partial charge in [0.2, 0.25) is 5.91 Å². The molecule has 3 N–H and O–H groups in total. The van der Waals surface area contributed by atoms with Crippen LogP contribution in [0.1, 0.15) is 23.6 Å². The molecule has 1 atom stereocenters. The zero-order valence-corrected chi connectivity index (χ0v) is 8.88. The van der Waals surface area contributed by atoms with Gasteiger partial charge in [0.05, 0.1) is 0 Å². The molecule has 1 amide bonds. The van der Waals surface area contributed by atoms with Gasteiger partial charge in [-0.2, -0.15) is 0 Å². The standard InChI is InChI=1S/C11H15FN2O/c1-7-5-8(3-4-9(7)12)10(14-2)6-11(13)15/h3-5,10,14H,6H2,1-2H3,(H2,13,15). The van der Waals surface area contributed by atoms with Crippen LogP contribution in [-0.2, 0) is 4.79 Å². The Balaban J connectivity index is 2.92. The maximum absolute atomic E-state index is 13.0. The molecule has 0 heterocycles. The zero-order valence-electron chi connectivity index (χ0n) is 8.88. The van der Waals surface area contributed by atoms with Crippen molar-refractivity contribution in [2.75, 3.05) is 7.05 Å². The van der Waals surface area contributed by atoms with E-state index >= 15 is 0 Å². The van der Waals surface area contributed by atoms with Crippen LogP contribution in [0.25, 0.3) is 0 Å². The van der Waals surface area contributed by atoms with E-state index in [1.807, 2.05) is 0 Å². The highest BCUT2D eigenvalue weighted by Gasteiger charge is 2.12. The Kier molecular flexibility index (Phi) is 3.80.